The van der Waals surface area contributed by atoms with Gasteiger partial charge in [-0.15, -0.1) is 0 Å². The first-order valence-corrected chi connectivity index (χ1v) is 12.8. The molecule has 2 aliphatic heterocycles. The van der Waals surface area contributed by atoms with E-state index in [1.54, 1.807) is 11.3 Å². The number of aromatic nitrogens is 3. The summed E-state index contributed by atoms with van der Waals surface area (Å²) in [5.74, 6) is 1.87. The van der Waals surface area contributed by atoms with Crippen molar-refractivity contribution in [3.8, 4) is 11.5 Å². The van der Waals surface area contributed by atoms with Gasteiger partial charge in [-0.25, -0.2) is 9.97 Å². The fourth-order valence-corrected chi connectivity index (χ4v) is 5.28. The molecule has 2 aliphatic rings. The van der Waals surface area contributed by atoms with Gasteiger partial charge in [0.05, 0.1) is 5.69 Å². The minimum Gasteiger partial charge on any atom is -0.354 e. The van der Waals surface area contributed by atoms with Gasteiger partial charge < -0.3 is 9.80 Å². The molecular formula is C25H33N7S. The first kappa shape index (κ1) is 22.4. The van der Waals surface area contributed by atoms with Gasteiger partial charge in [-0.2, -0.15) is 11.3 Å². The lowest BCUT2D eigenvalue weighted by molar-refractivity contribution is 0.227. The summed E-state index contributed by atoms with van der Waals surface area (Å²) in [4.78, 5) is 24.5. The zero-order valence-corrected chi connectivity index (χ0v) is 20.5. The molecule has 5 rings (SSSR count). The molecule has 1 saturated heterocycles. The molecule has 33 heavy (non-hydrogen) atoms. The molecule has 0 aromatic carbocycles. The molecule has 0 unspecified atom stereocenters. The maximum Gasteiger partial charge on any atom is 0.180 e. The van der Waals surface area contributed by atoms with E-state index in [0.717, 1.165) is 82.7 Å². The van der Waals surface area contributed by atoms with Gasteiger partial charge in [0.2, 0.25) is 0 Å². The number of likely N-dealkylation sites (N-methyl/N-ethyl adjacent to an activating group) is 1. The number of piperazine rings is 1. The second-order valence-electron chi connectivity index (χ2n) is 9.24. The Balaban J connectivity index is 1.40. The number of pyridine rings is 1. The third-order valence-corrected chi connectivity index (χ3v) is 7.27. The van der Waals surface area contributed by atoms with Crippen molar-refractivity contribution in [1.29, 1.82) is 0 Å². The minimum absolute atomic E-state index is 0.755. The van der Waals surface area contributed by atoms with Gasteiger partial charge in [0.15, 0.2) is 5.82 Å². The molecule has 3 aromatic rings. The first-order valence-electron chi connectivity index (χ1n) is 11.8. The molecule has 7 nitrogen and oxygen atoms in total. The Morgan fingerprint density at radius 3 is 2.61 bits per heavy atom. The molecule has 5 heterocycles. The predicted octanol–water partition coefficient (Wildman–Crippen LogP) is 2.84. The van der Waals surface area contributed by atoms with Crippen LogP contribution in [0.15, 0.2) is 41.2 Å². The van der Waals surface area contributed by atoms with Crippen LogP contribution in [0.5, 0.6) is 0 Å². The van der Waals surface area contributed by atoms with Gasteiger partial charge in [-0.3, -0.25) is 14.8 Å². The Labute approximate surface area is 200 Å². The maximum absolute atomic E-state index is 5.11. The van der Waals surface area contributed by atoms with Crippen LogP contribution in [0, 0.1) is 0 Å². The number of fused-ring (bicyclic) bond motifs is 1. The van der Waals surface area contributed by atoms with Gasteiger partial charge >= 0.3 is 0 Å². The summed E-state index contributed by atoms with van der Waals surface area (Å²) in [7, 11) is 4.29. The van der Waals surface area contributed by atoms with E-state index in [2.05, 4.69) is 55.5 Å². The van der Waals surface area contributed by atoms with Crippen molar-refractivity contribution in [2.75, 3.05) is 64.8 Å². The molecule has 0 aliphatic carbocycles. The number of anilines is 1. The van der Waals surface area contributed by atoms with Crippen molar-refractivity contribution >= 4 is 17.2 Å². The minimum atomic E-state index is 0.755. The molecule has 3 aromatic heterocycles. The molecule has 0 N–H and O–H groups in total. The summed E-state index contributed by atoms with van der Waals surface area (Å²) in [5, 5.41) is 4.42. The third-order valence-electron chi connectivity index (χ3n) is 6.53. The highest BCUT2D eigenvalue weighted by molar-refractivity contribution is 7.07. The zero-order chi connectivity index (χ0) is 22.6. The summed E-state index contributed by atoms with van der Waals surface area (Å²) in [6.45, 7) is 9.30. The second-order valence-corrected chi connectivity index (χ2v) is 10.0. The van der Waals surface area contributed by atoms with Crippen LogP contribution in [0.1, 0.15) is 16.8 Å². The van der Waals surface area contributed by atoms with Crippen molar-refractivity contribution < 1.29 is 0 Å². The average molecular weight is 464 g/mol. The van der Waals surface area contributed by atoms with Crippen LogP contribution in [0.2, 0.25) is 0 Å². The number of hydrogen-bond donors (Lipinski definition) is 0. The van der Waals surface area contributed by atoms with E-state index in [-0.39, 0.29) is 0 Å². The average Bonchev–Trinajstić information content (AvgIpc) is 3.36. The van der Waals surface area contributed by atoms with Gasteiger partial charge in [-0.05, 0) is 48.6 Å². The lowest BCUT2D eigenvalue weighted by Gasteiger charge is -2.38. The fourth-order valence-electron chi connectivity index (χ4n) is 4.62. The monoisotopic (exact) mass is 463 g/mol. The largest absolute Gasteiger partial charge is 0.354 e. The topological polar surface area (TPSA) is 51.6 Å². The molecule has 0 radical (unpaired) electrons. The molecule has 0 saturated carbocycles. The number of rotatable bonds is 7. The Kier molecular flexibility index (Phi) is 6.96. The number of thiophene rings is 1. The van der Waals surface area contributed by atoms with E-state index in [0.29, 0.717) is 0 Å². The summed E-state index contributed by atoms with van der Waals surface area (Å²) in [5.41, 5.74) is 4.74. The quantitative estimate of drug-likeness (QED) is 0.534. The molecule has 0 bridgehead atoms. The van der Waals surface area contributed by atoms with Crippen LogP contribution in [0.4, 0.5) is 5.82 Å². The Hall–Kier alpha value is -2.39. The molecular weight excluding hydrogens is 430 g/mol. The maximum atomic E-state index is 5.11. The Morgan fingerprint density at radius 2 is 1.88 bits per heavy atom. The highest BCUT2D eigenvalue weighted by atomic mass is 32.1. The second kappa shape index (κ2) is 10.3. The smallest absolute Gasteiger partial charge is 0.180 e. The van der Waals surface area contributed by atoms with Gasteiger partial charge in [0, 0.05) is 77.1 Å². The molecule has 1 fully saturated rings. The Bertz CT molecular complexity index is 1030. The van der Waals surface area contributed by atoms with Crippen molar-refractivity contribution in [3.63, 3.8) is 0 Å². The first-order chi connectivity index (χ1) is 16.2. The number of nitrogens with zero attached hydrogens (tertiary/aromatic N) is 7. The van der Waals surface area contributed by atoms with E-state index in [4.69, 9.17) is 9.97 Å². The SMILES string of the molecule is CN(C)CCN1CCN(c2nc(-c3ccccn3)nc3c2CN(Cc2ccsc2)CC3)CC1. The van der Waals surface area contributed by atoms with Crippen LogP contribution in [0.3, 0.4) is 0 Å². The lowest BCUT2D eigenvalue weighted by Crippen LogP contribution is -2.49. The van der Waals surface area contributed by atoms with E-state index >= 15 is 0 Å². The van der Waals surface area contributed by atoms with E-state index in [1.807, 2.05) is 24.4 Å². The van der Waals surface area contributed by atoms with Gasteiger partial charge in [0.1, 0.15) is 11.5 Å². The summed E-state index contributed by atoms with van der Waals surface area (Å²) in [6, 6.07) is 8.19. The highest BCUT2D eigenvalue weighted by Crippen LogP contribution is 2.30. The Morgan fingerprint density at radius 1 is 1.00 bits per heavy atom. The van der Waals surface area contributed by atoms with Crippen LogP contribution >= 0.6 is 11.3 Å². The van der Waals surface area contributed by atoms with Gasteiger partial charge in [0.25, 0.3) is 0 Å². The number of hydrogen-bond acceptors (Lipinski definition) is 8. The van der Waals surface area contributed by atoms with Crippen molar-refractivity contribution in [3.05, 3.63) is 58.0 Å². The summed E-state index contributed by atoms with van der Waals surface area (Å²) >= 11 is 1.77. The summed E-state index contributed by atoms with van der Waals surface area (Å²) < 4.78 is 0. The van der Waals surface area contributed by atoms with E-state index in [1.165, 1.54) is 16.8 Å². The van der Waals surface area contributed by atoms with E-state index in [9.17, 15) is 0 Å². The third kappa shape index (κ3) is 5.41. The van der Waals surface area contributed by atoms with E-state index < -0.39 is 0 Å². The molecule has 8 heteroatoms. The molecule has 0 atom stereocenters. The predicted molar refractivity (Wildman–Crippen MR) is 135 cm³/mol. The standard InChI is InChI=1S/C25H33N7S/c1-29(2)10-11-30-12-14-32(15-13-30)25-21-18-31(17-20-7-16-33-19-20)9-6-22(21)27-24(28-25)23-5-3-4-8-26-23/h3-5,7-8,16,19H,6,9-15,17-18H2,1-2H3. The molecule has 0 spiro atoms. The van der Waals surface area contributed by atoms with Crippen LogP contribution in [-0.4, -0.2) is 89.6 Å². The fraction of sp³-hybridized carbons (Fsp3) is 0.480. The van der Waals surface area contributed by atoms with Crippen LogP contribution in [-0.2, 0) is 19.5 Å². The highest BCUT2D eigenvalue weighted by Gasteiger charge is 2.28. The lowest BCUT2D eigenvalue weighted by atomic mass is 10.0. The molecule has 174 valence electrons. The van der Waals surface area contributed by atoms with Crippen molar-refractivity contribution in [2.24, 2.45) is 0 Å². The van der Waals surface area contributed by atoms with Crippen LogP contribution < -0.4 is 4.90 Å². The summed E-state index contributed by atoms with van der Waals surface area (Å²) in [6.07, 6.45) is 2.78. The normalized spacial score (nSPS) is 17.5. The van der Waals surface area contributed by atoms with Crippen molar-refractivity contribution in [2.45, 2.75) is 19.5 Å². The zero-order valence-electron chi connectivity index (χ0n) is 19.7. The van der Waals surface area contributed by atoms with Crippen LogP contribution in [0.25, 0.3) is 11.5 Å². The van der Waals surface area contributed by atoms with Crippen molar-refractivity contribution in [1.82, 2.24) is 29.7 Å². The van der Waals surface area contributed by atoms with Gasteiger partial charge in [-0.1, -0.05) is 6.07 Å². The molecule has 0 amide bonds.